The van der Waals surface area contributed by atoms with Gasteiger partial charge in [-0.05, 0) is 51.4 Å². The average Bonchev–Trinajstić information content (AvgIpc) is 2.66. The van der Waals surface area contributed by atoms with Crippen molar-refractivity contribution in [1.29, 1.82) is 0 Å². The molecule has 0 saturated carbocycles. The van der Waals surface area contributed by atoms with Crippen molar-refractivity contribution in [3.63, 3.8) is 0 Å². The van der Waals surface area contributed by atoms with Crippen molar-refractivity contribution < 1.29 is 28.6 Å². The maximum absolute atomic E-state index is 13.2. The van der Waals surface area contributed by atoms with Crippen LogP contribution in [0.4, 0.5) is 4.79 Å². The number of ether oxygens (including phenoxy) is 3. The number of rotatable bonds is 9. The lowest BCUT2D eigenvalue weighted by molar-refractivity contribution is -0.155. The molecule has 1 aliphatic rings. The van der Waals surface area contributed by atoms with E-state index in [2.05, 4.69) is 13.2 Å². The Balaban J connectivity index is 3.86. The molecule has 1 rings (SSSR count). The number of carbonyl (C=O) groups excluding carboxylic acids is 3. The van der Waals surface area contributed by atoms with Gasteiger partial charge in [0.1, 0.15) is 17.8 Å². The zero-order valence-electron chi connectivity index (χ0n) is 19.0. The molecular formula is C24H34O6. The van der Waals surface area contributed by atoms with Gasteiger partial charge in [-0.3, -0.25) is 9.59 Å². The van der Waals surface area contributed by atoms with Gasteiger partial charge in [-0.1, -0.05) is 44.2 Å². The van der Waals surface area contributed by atoms with Crippen LogP contribution in [0.3, 0.4) is 0 Å². The Hall–Kier alpha value is -2.63. The molecular weight excluding hydrogens is 384 g/mol. The molecule has 6 nitrogen and oxygen atoms in total. The summed E-state index contributed by atoms with van der Waals surface area (Å²) in [7, 11) is 1.29. The topological polar surface area (TPSA) is 78.9 Å². The van der Waals surface area contributed by atoms with Gasteiger partial charge in [0.2, 0.25) is 0 Å². The largest absolute Gasteiger partial charge is 0.513 e. The standard InChI is InChI=1S/C24H34O6/c1-9-11-18-15-24(21(26)28-8,13-12-16(3)4)20(30-22(27)29-14-10-2)19(17(5)25)23(18,6)7/h9-10,12,18H,1-2,11,13-15H2,3-8H3/t18-,24+/m1/s1. The number of esters is 1. The summed E-state index contributed by atoms with van der Waals surface area (Å²) < 4.78 is 15.7. The highest BCUT2D eigenvalue weighted by Gasteiger charge is 2.57. The lowest BCUT2D eigenvalue weighted by Gasteiger charge is -2.47. The molecule has 1 aliphatic carbocycles. The predicted molar refractivity (Wildman–Crippen MR) is 116 cm³/mol. The van der Waals surface area contributed by atoms with Gasteiger partial charge in [-0.25, -0.2) is 4.79 Å². The molecule has 0 radical (unpaired) electrons. The van der Waals surface area contributed by atoms with E-state index >= 15 is 0 Å². The van der Waals surface area contributed by atoms with Crippen LogP contribution in [-0.2, 0) is 23.8 Å². The van der Waals surface area contributed by atoms with Gasteiger partial charge < -0.3 is 14.2 Å². The highest BCUT2D eigenvalue weighted by Crippen LogP contribution is 2.56. The fraction of sp³-hybridized carbons (Fsp3) is 0.542. The first-order valence-electron chi connectivity index (χ1n) is 10.0. The summed E-state index contributed by atoms with van der Waals surface area (Å²) in [6.45, 7) is 16.3. The Bertz CT molecular complexity index is 767. The third kappa shape index (κ3) is 5.29. The molecule has 0 bridgehead atoms. The SMILES string of the molecule is C=CCOC(=O)OC1=C(C(C)=O)C(C)(C)[C@H](CC=C)C[C@]1(CC=C(C)C)C(=O)OC. The molecule has 0 amide bonds. The fourth-order valence-electron chi connectivity index (χ4n) is 4.09. The van der Waals surface area contributed by atoms with Gasteiger partial charge >= 0.3 is 12.1 Å². The van der Waals surface area contributed by atoms with Crippen molar-refractivity contribution in [3.8, 4) is 0 Å². The van der Waals surface area contributed by atoms with E-state index in [-0.39, 0.29) is 30.5 Å². The van der Waals surface area contributed by atoms with Crippen LogP contribution in [0, 0.1) is 16.7 Å². The molecule has 6 heteroatoms. The average molecular weight is 419 g/mol. The van der Waals surface area contributed by atoms with Crippen molar-refractivity contribution in [2.75, 3.05) is 13.7 Å². The summed E-state index contributed by atoms with van der Waals surface area (Å²) in [6, 6.07) is 0. The van der Waals surface area contributed by atoms with Crippen LogP contribution in [-0.4, -0.2) is 31.6 Å². The molecule has 30 heavy (non-hydrogen) atoms. The van der Waals surface area contributed by atoms with Gasteiger partial charge in [0, 0.05) is 5.57 Å². The zero-order chi connectivity index (χ0) is 23.1. The molecule has 0 aromatic carbocycles. The summed E-state index contributed by atoms with van der Waals surface area (Å²) in [4.78, 5) is 38.3. The highest BCUT2D eigenvalue weighted by molar-refractivity contribution is 5.98. The number of methoxy groups -OCH3 is 1. The Kier molecular flexibility index (Phi) is 8.82. The molecule has 0 aliphatic heterocycles. The molecule has 0 fully saturated rings. The second-order valence-corrected chi connectivity index (χ2v) is 8.42. The van der Waals surface area contributed by atoms with Crippen molar-refractivity contribution in [1.82, 2.24) is 0 Å². The van der Waals surface area contributed by atoms with E-state index in [1.807, 2.05) is 33.8 Å². The van der Waals surface area contributed by atoms with Gasteiger partial charge in [-0.2, -0.15) is 0 Å². The van der Waals surface area contributed by atoms with Crippen molar-refractivity contribution in [2.24, 2.45) is 16.7 Å². The molecule has 166 valence electrons. The lowest BCUT2D eigenvalue weighted by Crippen LogP contribution is -2.48. The van der Waals surface area contributed by atoms with Gasteiger partial charge in [0.15, 0.2) is 5.78 Å². The van der Waals surface area contributed by atoms with Crippen LogP contribution in [0.1, 0.15) is 53.9 Å². The molecule has 0 aromatic heterocycles. The lowest BCUT2D eigenvalue weighted by atomic mass is 9.56. The molecule has 0 heterocycles. The third-order valence-electron chi connectivity index (χ3n) is 5.66. The smallest absolute Gasteiger partial charge is 0.468 e. The van der Waals surface area contributed by atoms with E-state index in [0.717, 1.165) is 5.57 Å². The monoisotopic (exact) mass is 418 g/mol. The number of carbonyl (C=O) groups is 3. The number of ketones is 1. The van der Waals surface area contributed by atoms with Gasteiger partial charge in [-0.15, -0.1) is 6.58 Å². The summed E-state index contributed by atoms with van der Waals surface area (Å²) in [5, 5.41) is 0. The van der Waals surface area contributed by atoms with Crippen LogP contribution in [0.25, 0.3) is 0 Å². The maximum Gasteiger partial charge on any atom is 0.513 e. The van der Waals surface area contributed by atoms with E-state index < -0.39 is 23.0 Å². The van der Waals surface area contributed by atoms with E-state index in [1.165, 1.54) is 20.1 Å². The van der Waals surface area contributed by atoms with E-state index in [9.17, 15) is 14.4 Å². The third-order valence-corrected chi connectivity index (χ3v) is 5.66. The number of Topliss-reactive ketones (excluding diaryl/α,β-unsaturated/α-hetero) is 1. The second kappa shape index (κ2) is 10.4. The molecule has 0 unspecified atom stereocenters. The normalized spacial score (nSPS) is 22.5. The molecule has 0 N–H and O–H groups in total. The van der Waals surface area contributed by atoms with Crippen LogP contribution < -0.4 is 0 Å². The quantitative estimate of drug-likeness (QED) is 0.373. The van der Waals surface area contributed by atoms with Gasteiger partial charge in [0.05, 0.1) is 7.11 Å². The van der Waals surface area contributed by atoms with Gasteiger partial charge in [0.25, 0.3) is 0 Å². The zero-order valence-corrected chi connectivity index (χ0v) is 19.0. The highest BCUT2D eigenvalue weighted by atomic mass is 16.7. The van der Waals surface area contributed by atoms with E-state index in [1.54, 1.807) is 6.08 Å². The summed E-state index contributed by atoms with van der Waals surface area (Å²) >= 11 is 0. The first-order valence-corrected chi connectivity index (χ1v) is 10.0. The molecule has 0 spiro atoms. The molecule has 0 aromatic rings. The van der Waals surface area contributed by atoms with Crippen LogP contribution in [0.15, 0.2) is 48.3 Å². The van der Waals surface area contributed by atoms with E-state index in [4.69, 9.17) is 14.2 Å². The number of hydrogen-bond acceptors (Lipinski definition) is 6. The first kappa shape index (κ1) is 25.4. The Labute approximate surface area is 179 Å². The van der Waals surface area contributed by atoms with Crippen molar-refractivity contribution in [3.05, 3.63) is 48.3 Å². The minimum atomic E-state index is -1.33. The summed E-state index contributed by atoms with van der Waals surface area (Å²) in [6.07, 6.45) is 5.23. The first-order chi connectivity index (χ1) is 14.0. The minimum Gasteiger partial charge on any atom is -0.468 e. The van der Waals surface area contributed by atoms with Crippen LogP contribution in [0.2, 0.25) is 0 Å². The Morgan fingerprint density at radius 3 is 2.23 bits per heavy atom. The summed E-state index contributed by atoms with van der Waals surface area (Å²) in [5.74, 6) is -0.908. The fourth-order valence-corrected chi connectivity index (χ4v) is 4.09. The minimum absolute atomic E-state index is 0.0127. The number of allylic oxidation sites excluding steroid dienone is 4. The molecule has 2 atom stereocenters. The summed E-state index contributed by atoms with van der Waals surface area (Å²) in [5.41, 5.74) is -0.704. The van der Waals surface area contributed by atoms with Crippen LogP contribution in [0.5, 0.6) is 0 Å². The maximum atomic E-state index is 13.2. The van der Waals surface area contributed by atoms with Crippen molar-refractivity contribution >= 4 is 17.9 Å². The number of hydrogen-bond donors (Lipinski definition) is 0. The van der Waals surface area contributed by atoms with Crippen LogP contribution >= 0.6 is 0 Å². The second-order valence-electron chi connectivity index (χ2n) is 8.42. The van der Waals surface area contributed by atoms with E-state index in [0.29, 0.717) is 18.4 Å². The Morgan fingerprint density at radius 1 is 1.13 bits per heavy atom. The Morgan fingerprint density at radius 2 is 1.77 bits per heavy atom. The predicted octanol–water partition coefficient (Wildman–Crippen LogP) is 5.31. The molecule has 0 saturated heterocycles. The van der Waals surface area contributed by atoms with Crippen molar-refractivity contribution in [2.45, 2.75) is 53.9 Å².